The van der Waals surface area contributed by atoms with Gasteiger partial charge in [0.2, 0.25) is 0 Å². The molecule has 1 rings (SSSR count). The minimum atomic E-state index is -2.48. The summed E-state index contributed by atoms with van der Waals surface area (Å²) >= 11 is 0. The quantitative estimate of drug-likeness (QED) is 0.200. The number of rotatable bonds is 12. The van der Waals surface area contributed by atoms with Crippen molar-refractivity contribution in [2.75, 3.05) is 54.1 Å². The predicted molar refractivity (Wildman–Crippen MR) is 116 cm³/mol. The fraction of sp³-hybridized carbons (Fsp3) is 0.611. The molecule has 2 N–H and O–H groups in total. The fourth-order valence-electron chi connectivity index (χ4n) is 2.27. The number of hydrogen-bond donors (Lipinski definition) is 2. The first-order valence-electron chi connectivity index (χ1n) is 8.67. The Balaban J connectivity index is 0.00000676. The van der Waals surface area contributed by atoms with Crippen LogP contribution >= 0.6 is 24.0 Å². The molecule has 0 radical (unpaired) electrons. The summed E-state index contributed by atoms with van der Waals surface area (Å²) in [5.41, 5.74) is 0.927. The van der Waals surface area contributed by atoms with Gasteiger partial charge >= 0.3 is 0 Å². The molecule has 1 aromatic carbocycles. The first kappa shape index (κ1) is 25.8. The highest BCUT2D eigenvalue weighted by atomic mass is 127. The Hall–Kier alpha value is -1.20. The zero-order valence-electron chi connectivity index (χ0n) is 16.2. The Morgan fingerprint density at radius 3 is 2.70 bits per heavy atom. The van der Waals surface area contributed by atoms with Crippen molar-refractivity contribution in [3.05, 3.63) is 29.8 Å². The maximum absolute atomic E-state index is 12.2. The van der Waals surface area contributed by atoms with Crippen LogP contribution in [0.1, 0.15) is 12.0 Å². The highest BCUT2D eigenvalue weighted by Crippen LogP contribution is 2.14. The van der Waals surface area contributed by atoms with Crippen LogP contribution in [0.3, 0.4) is 0 Å². The van der Waals surface area contributed by atoms with Gasteiger partial charge in [-0.15, -0.1) is 24.0 Å². The SMILES string of the molecule is CN=C(NCCN(C)CCCOC)NCc1cccc(OCC(F)F)c1.I. The molecule has 0 saturated heterocycles. The van der Waals surface area contributed by atoms with Gasteiger partial charge in [0.15, 0.2) is 5.96 Å². The average molecular weight is 500 g/mol. The Bertz CT molecular complexity index is 536. The fourth-order valence-corrected chi connectivity index (χ4v) is 2.27. The number of methoxy groups -OCH3 is 1. The number of aliphatic imine (C=N–C) groups is 1. The molecule has 0 spiro atoms. The van der Waals surface area contributed by atoms with Gasteiger partial charge in [0.1, 0.15) is 12.4 Å². The summed E-state index contributed by atoms with van der Waals surface area (Å²) in [6.07, 6.45) is -1.48. The van der Waals surface area contributed by atoms with Crippen molar-refractivity contribution >= 4 is 29.9 Å². The molecular formula is C18H31F2IN4O2. The van der Waals surface area contributed by atoms with Crippen molar-refractivity contribution in [1.29, 1.82) is 0 Å². The summed E-state index contributed by atoms with van der Waals surface area (Å²) in [5.74, 6) is 1.12. The summed E-state index contributed by atoms with van der Waals surface area (Å²) in [7, 11) is 5.48. The largest absolute Gasteiger partial charge is 0.488 e. The summed E-state index contributed by atoms with van der Waals surface area (Å²) in [4.78, 5) is 6.41. The number of ether oxygens (including phenoxy) is 2. The molecule has 0 amide bonds. The standard InChI is InChI=1S/C18H30F2N4O2.HI/c1-21-18(22-8-10-24(2)9-5-11-25-3)23-13-15-6-4-7-16(12-15)26-14-17(19)20;/h4,6-7,12,17H,5,8-11,13-14H2,1-3H3,(H2,21,22,23);1H. The number of benzene rings is 1. The Morgan fingerprint density at radius 2 is 2.04 bits per heavy atom. The second-order valence-electron chi connectivity index (χ2n) is 5.85. The summed E-state index contributed by atoms with van der Waals surface area (Å²) < 4.78 is 34.5. The predicted octanol–water partition coefficient (Wildman–Crippen LogP) is 2.58. The molecule has 0 aromatic heterocycles. The normalized spacial score (nSPS) is 11.4. The maximum Gasteiger partial charge on any atom is 0.272 e. The van der Waals surface area contributed by atoms with E-state index in [0.717, 1.165) is 38.2 Å². The van der Waals surface area contributed by atoms with Gasteiger partial charge in [-0.25, -0.2) is 8.78 Å². The number of nitrogens with zero attached hydrogens (tertiary/aromatic N) is 2. The number of likely N-dealkylation sites (N-methyl/N-ethyl adjacent to an activating group) is 1. The number of hydrogen-bond acceptors (Lipinski definition) is 4. The zero-order valence-corrected chi connectivity index (χ0v) is 18.5. The van der Waals surface area contributed by atoms with Crippen LogP contribution in [-0.4, -0.2) is 71.3 Å². The van der Waals surface area contributed by atoms with E-state index in [9.17, 15) is 8.78 Å². The van der Waals surface area contributed by atoms with Gasteiger partial charge < -0.3 is 25.0 Å². The van der Waals surface area contributed by atoms with Gasteiger partial charge in [-0.1, -0.05) is 12.1 Å². The van der Waals surface area contributed by atoms with Crippen molar-refractivity contribution in [2.24, 2.45) is 4.99 Å². The molecule has 0 heterocycles. The van der Waals surface area contributed by atoms with Gasteiger partial charge in [-0.2, -0.15) is 0 Å². The minimum absolute atomic E-state index is 0. The second-order valence-corrected chi connectivity index (χ2v) is 5.85. The lowest BCUT2D eigenvalue weighted by atomic mass is 10.2. The van der Waals surface area contributed by atoms with Gasteiger partial charge in [0, 0.05) is 46.9 Å². The molecule has 6 nitrogen and oxygen atoms in total. The molecule has 0 aliphatic heterocycles. The summed E-state index contributed by atoms with van der Waals surface area (Å²) in [6.45, 7) is 3.32. The molecule has 0 unspecified atom stereocenters. The monoisotopic (exact) mass is 500 g/mol. The number of alkyl halides is 2. The number of nitrogens with one attached hydrogen (secondary N) is 2. The van der Waals surface area contributed by atoms with E-state index in [2.05, 4.69) is 27.6 Å². The molecular weight excluding hydrogens is 469 g/mol. The first-order valence-corrected chi connectivity index (χ1v) is 8.67. The lowest BCUT2D eigenvalue weighted by molar-refractivity contribution is 0.0818. The Labute approximate surface area is 177 Å². The van der Waals surface area contributed by atoms with Crippen LogP contribution in [0.5, 0.6) is 5.75 Å². The van der Waals surface area contributed by atoms with Gasteiger partial charge in [0.25, 0.3) is 6.43 Å². The molecule has 0 fully saturated rings. The zero-order chi connectivity index (χ0) is 19.2. The van der Waals surface area contributed by atoms with Crippen molar-refractivity contribution in [3.8, 4) is 5.75 Å². The first-order chi connectivity index (χ1) is 12.5. The van der Waals surface area contributed by atoms with Crippen LogP contribution in [0, 0.1) is 0 Å². The van der Waals surface area contributed by atoms with E-state index in [4.69, 9.17) is 9.47 Å². The van der Waals surface area contributed by atoms with Crippen LogP contribution < -0.4 is 15.4 Å². The van der Waals surface area contributed by atoms with Crippen LogP contribution in [0.4, 0.5) is 8.78 Å². The van der Waals surface area contributed by atoms with E-state index in [0.29, 0.717) is 18.3 Å². The van der Waals surface area contributed by atoms with E-state index in [1.807, 2.05) is 6.07 Å². The number of halogens is 3. The van der Waals surface area contributed by atoms with Crippen LogP contribution in [-0.2, 0) is 11.3 Å². The lowest BCUT2D eigenvalue weighted by Crippen LogP contribution is -2.40. The molecule has 27 heavy (non-hydrogen) atoms. The lowest BCUT2D eigenvalue weighted by Gasteiger charge is -2.18. The smallest absolute Gasteiger partial charge is 0.272 e. The van der Waals surface area contributed by atoms with Crippen molar-refractivity contribution in [2.45, 2.75) is 19.4 Å². The van der Waals surface area contributed by atoms with Gasteiger partial charge in [-0.3, -0.25) is 4.99 Å². The molecule has 0 aliphatic rings. The molecule has 1 aromatic rings. The summed E-state index contributed by atoms with van der Waals surface area (Å²) in [6, 6.07) is 7.09. The third-order valence-corrected chi connectivity index (χ3v) is 3.63. The van der Waals surface area contributed by atoms with Gasteiger partial charge in [-0.05, 0) is 31.2 Å². The van der Waals surface area contributed by atoms with Crippen molar-refractivity contribution in [1.82, 2.24) is 15.5 Å². The van der Waals surface area contributed by atoms with Crippen molar-refractivity contribution < 1.29 is 18.3 Å². The third-order valence-electron chi connectivity index (χ3n) is 3.63. The molecule has 0 bridgehead atoms. The highest BCUT2D eigenvalue weighted by Gasteiger charge is 2.05. The van der Waals surface area contributed by atoms with E-state index in [1.165, 1.54) is 0 Å². The highest BCUT2D eigenvalue weighted by molar-refractivity contribution is 14.0. The topological polar surface area (TPSA) is 58.1 Å². The molecule has 9 heteroatoms. The van der Waals surface area contributed by atoms with E-state index in [1.54, 1.807) is 32.4 Å². The Kier molecular flexibility index (Phi) is 15.1. The molecule has 0 atom stereocenters. The van der Waals surface area contributed by atoms with E-state index in [-0.39, 0.29) is 24.0 Å². The maximum atomic E-state index is 12.2. The summed E-state index contributed by atoms with van der Waals surface area (Å²) in [5, 5.41) is 6.45. The average Bonchev–Trinajstić information content (AvgIpc) is 2.63. The third kappa shape index (κ3) is 12.7. The Morgan fingerprint density at radius 1 is 1.26 bits per heavy atom. The van der Waals surface area contributed by atoms with E-state index >= 15 is 0 Å². The second kappa shape index (κ2) is 15.8. The van der Waals surface area contributed by atoms with Crippen LogP contribution in [0.25, 0.3) is 0 Å². The molecule has 0 aliphatic carbocycles. The minimum Gasteiger partial charge on any atom is -0.488 e. The molecule has 0 saturated carbocycles. The van der Waals surface area contributed by atoms with Crippen LogP contribution in [0.15, 0.2) is 29.3 Å². The van der Waals surface area contributed by atoms with Crippen molar-refractivity contribution in [3.63, 3.8) is 0 Å². The van der Waals surface area contributed by atoms with Crippen LogP contribution in [0.2, 0.25) is 0 Å². The van der Waals surface area contributed by atoms with E-state index < -0.39 is 13.0 Å². The number of guanidine groups is 1. The molecule has 156 valence electrons. The van der Waals surface area contributed by atoms with Gasteiger partial charge in [0.05, 0.1) is 0 Å².